The van der Waals surface area contributed by atoms with Gasteiger partial charge in [-0.3, -0.25) is 14.3 Å². The Morgan fingerprint density at radius 2 is 1.70 bits per heavy atom. The summed E-state index contributed by atoms with van der Waals surface area (Å²) in [5.41, 5.74) is 1.85. The lowest BCUT2D eigenvalue weighted by molar-refractivity contribution is 0.0785. The van der Waals surface area contributed by atoms with Crippen LogP contribution in [0.25, 0.3) is 0 Å². The number of para-hydroxylation sites is 1. The summed E-state index contributed by atoms with van der Waals surface area (Å²) in [5.74, 6) is -0.507. The molecule has 0 bridgehead atoms. The molecule has 9 heteroatoms. The van der Waals surface area contributed by atoms with Crippen molar-refractivity contribution >= 4 is 38.9 Å². The molecule has 0 spiro atoms. The van der Waals surface area contributed by atoms with E-state index in [9.17, 15) is 18.0 Å². The van der Waals surface area contributed by atoms with Crippen LogP contribution in [0, 0.1) is 0 Å². The molecule has 156 valence electrons. The number of sulfonamides is 1. The molecule has 1 aromatic heterocycles. The van der Waals surface area contributed by atoms with Gasteiger partial charge in [-0.15, -0.1) is 11.3 Å². The number of rotatable bonds is 7. The van der Waals surface area contributed by atoms with Gasteiger partial charge in [0.2, 0.25) is 0 Å². The van der Waals surface area contributed by atoms with Gasteiger partial charge in [0, 0.05) is 26.2 Å². The van der Waals surface area contributed by atoms with Gasteiger partial charge < -0.3 is 10.2 Å². The van der Waals surface area contributed by atoms with E-state index in [1.165, 1.54) is 11.0 Å². The molecule has 0 aliphatic heterocycles. The summed E-state index contributed by atoms with van der Waals surface area (Å²) in [4.78, 5) is 26.1. The van der Waals surface area contributed by atoms with Gasteiger partial charge in [0.1, 0.15) is 4.21 Å². The third-order valence-corrected chi connectivity index (χ3v) is 7.13. The Morgan fingerprint density at radius 3 is 2.33 bits per heavy atom. The van der Waals surface area contributed by atoms with Crippen molar-refractivity contribution < 1.29 is 18.0 Å². The molecule has 7 nitrogen and oxygen atoms in total. The smallest absolute Gasteiger partial charge is 0.271 e. The Kier molecular flexibility index (Phi) is 6.53. The second-order valence-electron chi connectivity index (χ2n) is 6.52. The second kappa shape index (κ2) is 9.10. The number of amides is 2. The van der Waals surface area contributed by atoms with Crippen molar-refractivity contribution in [3.8, 4) is 0 Å². The van der Waals surface area contributed by atoms with Crippen molar-refractivity contribution in [2.75, 3.05) is 18.8 Å². The van der Waals surface area contributed by atoms with Crippen LogP contribution in [-0.2, 0) is 16.6 Å². The number of nitrogens with zero attached hydrogens (tertiary/aromatic N) is 1. The SMILES string of the molecule is CNC(=O)c1ccc(CN(C)C(=O)c2ccccc2NS(=O)(=O)c2cccs2)cc1. The van der Waals surface area contributed by atoms with Crippen LogP contribution in [0.15, 0.2) is 70.3 Å². The number of carbonyl (C=O) groups is 2. The number of hydrogen-bond donors (Lipinski definition) is 2. The molecule has 30 heavy (non-hydrogen) atoms. The lowest BCUT2D eigenvalue weighted by Crippen LogP contribution is -2.27. The molecular weight excluding hydrogens is 422 g/mol. The van der Waals surface area contributed by atoms with E-state index in [4.69, 9.17) is 0 Å². The van der Waals surface area contributed by atoms with Gasteiger partial charge in [0.15, 0.2) is 0 Å². The van der Waals surface area contributed by atoms with E-state index >= 15 is 0 Å². The zero-order valence-electron chi connectivity index (χ0n) is 16.5. The van der Waals surface area contributed by atoms with Crippen molar-refractivity contribution in [2.45, 2.75) is 10.8 Å². The minimum atomic E-state index is -3.77. The molecule has 3 rings (SSSR count). The van der Waals surface area contributed by atoms with Gasteiger partial charge in [-0.1, -0.05) is 30.3 Å². The number of thiophene rings is 1. The Bertz CT molecular complexity index is 1140. The molecule has 0 unspecified atom stereocenters. The van der Waals surface area contributed by atoms with Gasteiger partial charge in [-0.2, -0.15) is 0 Å². The highest BCUT2D eigenvalue weighted by Gasteiger charge is 2.21. The Balaban J connectivity index is 1.77. The van der Waals surface area contributed by atoms with Crippen LogP contribution in [-0.4, -0.2) is 39.2 Å². The fourth-order valence-electron chi connectivity index (χ4n) is 2.83. The number of nitrogens with one attached hydrogen (secondary N) is 2. The van der Waals surface area contributed by atoms with E-state index < -0.39 is 10.0 Å². The number of benzene rings is 2. The van der Waals surface area contributed by atoms with Crippen molar-refractivity contribution in [2.24, 2.45) is 0 Å². The third-order valence-electron chi connectivity index (χ3n) is 4.37. The quantitative estimate of drug-likeness (QED) is 0.586. The predicted molar refractivity (Wildman–Crippen MR) is 117 cm³/mol. The largest absolute Gasteiger partial charge is 0.355 e. The van der Waals surface area contributed by atoms with E-state index in [0.717, 1.165) is 16.9 Å². The van der Waals surface area contributed by atoms with Gasteiger partial charge in [0.25, 0.3) is 21.8 Å². The maximum Gasteiger partial charge on any atom is 0.271 e. The summed E-state index contributed by atoms with van der Waals surface area (Å²) in [6.07, 6.45) is 0. The summed E-state index contributed by atoms with van der Waals surface area (Å²) in [6.45, 7) is 0.304. The van der Waals surface area contributed by atoms with Crippen molar-refractivity contribution in [3.63, 3.8) is 0 Å². The van der Waals surface area contributed by atoms with Crippen molar-refractivity contribution in [3.05, 3.63) is 82.7 Å². The van der Waals surface area contributed by atoms with Gasteiger partial charge in [-0.25, -0.2) is 8.42 Å². The standard InChI is InChI=1S/C21H21N3O4S2/c1-22-20(25)16-11-9-15(10-12-16)14-24(2)21(26)17-6-3-4-7-18(17)23-30(27,28)19-8-5-13-29-19/h3-13,23H,14H2,1-2H3,(H,22,25). The zero-order valence-corrected chi connectivity index (χ0v) is 18.1. The molecule has 0 aliphatic rings. The minimum Gasteiger partial charge on any atom is -0.355 e. The van der Waals surface area contributed by atoms with E-state index in [0.29, 0.717) is 12.1 Å². The first-order valence-corrected chi connectivity index (χ1v) is 11.4. The molecule has 0 aliphatic carbocycles. The maximum atomic E-state index is 13.0. The van der Waals surface area contributed by atoms with Crippen molar-refractivity contribution in [1.82, 2.24) is 10.2 Å². The second-order valence-corrected chi connectivity index (χ2v) is 9.38. The topological polar surface area (TPSA) is 95.6 Å². The van der Waals surface area contributed by atoms with Gasteiger partial charge in [0.05, 0.1) is 11.3 Å². The molecule has 0 fully saturated rings. The highest BCUT2D eigenvalue weighted by molar-refractivity contribution is 7.94. The van der Waals surface area contributed by atoms with E-state index in [-0.39, 0.29) is 27.3 Å². The summed E-state index contributed by atoms with van der Waals surface area (Å²) >= 11 is 1.10. The van der Waals surface area contributed by atoms with E-state index in [2.05, 4.69) is 10.0 Å². The van der Waals surface area contributed by atoms with Crippen LogP contribution in [0.3, 0.4) is 0 Å². The van der Waals surface area contributed by atoms with Crippen LogP contribution >= 0.6 is 11.3 Å². The number of anilines is 1. The van der Waals surface area contributed by atoms with E-state index in [1.54, 1.807) is 74.1 Å². The highest BCUT2D eigenvalue weighted by Crippen LogP contribution is 2.24. The fraction of sp³-hybridized carbons (Fsp3) is 0.143. The molecule has 0 atom stereocenters. The fourth-order valence-corrected chi connectivity index (χ4v) is 4.90. The molecule has 3 aromatic rings. The molecule has 2 amide bonds. The van der Waals surface area contributed by atoms with Crippen LogP contribution in [0.2, 0.25) is 0 Å². The lowest BCUT2D eigenvalue weighted by atomic mass is 10.1. The molecular formula is C21H21N3O4S2. The third kappa shape index (κ3) is 4.87. The molecule has 0 saturated carbocycles. The Morgan fingerprint density at radius 1 is 1.00 bits per heavy atom. The molecule has 2 N–H and O–H groups in total. The van der Waals surface area contributed by atoms with Crippen LogP contribution in [0.1, 0.15) is 26.3 Å². The highest BCUT2D eigenvalue weighted by atomic mass is 32.2. The first kappa shape index (κ1) is 21.5. The molecule has 1 heterocycles. The predicted octanol–water partition coefficient (Wildman–Crippen LogP) is 3.18. The first-order valence-electron chi connectivity index (χ1n) is 9.03. The van der Waals surface area contributed by atoms with Gasteiger partial charge >= 0.3 is 0 Å². The van der Waals surface area contributed by atoms with E-state index in [1.807, 2.05) is 0 Å². The van der Waals surface area contributed by atoms with Crippen molar-refractivity contribution in [1.29, 1.82) is 0 Å². The number of hydrogen-bond acceptors (Lipinski definition) is 5. The maximum absolute atomic E-state index is 13.0. The normalized spacial score (nSPS) is 11.0. The first-order chi connectivity index (χ1) is 14.3. The summed E-state index contributed by atoms with van der Waals surface area (Å²) in [6, 6.07) is 16.6. The van der Waals surface area contributed by atoms with Crippen LogP contribution in [0.5, 0.6) is 0 Å². The molecule has 0 saturated heterocycles. The number of carbonyl (C=O) groups excluding carboxylic acids is 2. The monoisotopic (exact) mass is 443 g/mol. The molecule has 2 aromatic carbocycles. The zero-order chi connectivity index (χ0) is 21.7. The summed E-state index contributed by atoms with van der Waals surface area (Å²) < 4.78 is 27.8. The average Bonchev–Trinajstić information content (AvgIpc) is 3.29. The molecule has 0 radical (unpaired) electrons. The lowest BCUT2D eigenvalue weighted by Gasteiger charge is -2.19. The Labute approximate surface area is 179 Å². The Hall–Kier alpha value is -3.17. The average molecular weight is 444 g/mol. The van der Waals surface area contributed by atoms with Crippen LogP contribution in [0.4, 0.5) is 5.69 Å². The minimum absolute atomic E-state index is 0.175. The summed E-state index contributed by atoms with van der Waals surface area (Å²) in [5, 5.41) is 4.23. The van der Waals surface area contributed by atoms with Gasteiger partial charge in [-0.05, 0) is 41.3 Å². The van der Waals surface area contributed by atoms with Crippen LogP contribution < -0.4 is 10.0 Å². The summed E-state index contributed by atoms with van der Waals surface area (Å²) in [7, 11) is -0.565.